The number of carbonyl (C=O) groups excluding carboxylic acids is 1. The van der Waals surface area contributed by atoms with E-state index in [0.29, 0.717) is 18.6 Å². The van der Waals surface area contributed by atoms with Crippen LogP contribution in [0.4, 0.5) is 10.7 Å². The van der Waals surface area contributed by atoms with E-state index >= 15 is 0 Å². The minimum atomic E-state index is 0.0307. The molecule has 2 fully saturated rings. The summed E-state index contributed by atoms with van der Waals surface area (Å²) in [5.41, 5.74) is 0. The van der Waals surface area contributed by atoms with Crippen molar-refractivity contribution < 1.29 is 9.53 Å². The lowest BCUT2D eigenvalue weighted by Gasteiger charge is -2.21. The molecule has 0 bridgehead atoms. The number of urea groups is 1. The summed E-state index contributed by atoms with van der Waals surface area (Å²) < 4.78 is 5.91. The van der Waals surface area contributed by atoms with Crippen LogP contribution in [0.3, 0.4) is 0 Å². The zero-order chi connectivity index (χ0) is 14.8. The summed E-state index contributed by atoms with van der Waals surface area (Å²) in [4.78, 5) is 25.1. The van der Waals surface area contributed by atoms with E-state index in [4.69, 9.17) is 4.74 Å². The number of amides is 2. The molecule has 2 heterocycles. The monoisotopic (exact) mass is 354 g/mol. The Morgan fingerprint density at radius 2 is 2.05 bits per heavy atom. The van der Waals surface area contributed by atoms with Crippen molar-refractivity contribution in [2.45, 2.75) is 37.8 Å². The van der Waals surface area contributed by atoms with E-state index in [0.717, 1.165) is 36.7 Å². The number of methoxy groups -OCH3 is 1. The van der Waals surface area contributed by atoms with Gasteiger partial charge in [0.05, 0.1) is 16.6 Å². The van der Waals surface area contributed by atoms with E-state index in [2.05, 4.69) is 25.9 Å². The fraction of sp³-hybridized carbons (Fsp3) is 0.643. The van der Waals surface area contributed by atoms with Gasteiger partial charge >= 0.3 is 6.03 Å². The van der Waals surface area contributed by atoms with Gasteiger partial charge in [-0.15, -0.1) is 0 Å². The van der Waals surface area contributed by atoms with Crippen LogP contribution in [0.5, 0.6) is 0 Å². The molecule has 1 aliphatic carbocycles. The van der Waals surface area contributed by atoms with E-state index in [1.54, 1.807) is 24.4 Å². The zero-order valence-electron chi connectivity index (χ0n) is 12.0. The van der Waals surface area contributed by atoms with Crippen LogP contribution in [0.15, 0.2) is 16.9 Å². The number of hydrogen-bond acceptors (Lipinski definition) is 4. The normalized spacial score (nSPS) is 24.8. The summed E-state index contributed by atoms with van der Waals surface area (Å²) >= 11 is 3.33. The molecule has 0 spiro atoms. The second-order valence-electron chi connectivity index (χ2n) is 5.46. The molecule has 0 aromatic carbocycles. The molecule has 7 heteroatoms. The number of nitrogens with zero attached hydrogens (tertiary/aromatic N) is 4. The van der Waals surface area contributed by atoms with Gasteiger partial charge in [0, 0.05) is 32.7 Å². The predicted molar refractivity (Wildman–Crippen MR) is 82.2 cm³/mol. The number of anilines is 1. The highest BCUT2D eigenvalue weighted by Crippen LogP contribution is 2.37. The van der Waals surface area contributed by atoms with Gasteiger partial charge in [-0.05, 0) is 41.6 Å². The summed E-state index contributed by atoms with van der Waals surface area (Å²) in [6.07, 6.45) is 7.48. The second kappa shape index (κ2) is 6.27. The molecule has 1 saturated carbocycles. The lowest BCUT2D eigenvalue weighted by Crippen LogP contribution is -2.37. The molecule has 0 radical (unpaired) electrons. The molecule has 1 aromatic heterocycles. The standard InChI is InChI=1S/C14H19BrN4O2/c1-21-7-3-6-18-11-4-2-5-12(11)19(14(18)20)13-16-8-10(15)9-17-13/h8-9,11-12H,2-7H2,1H3. The lowest BCUT2D eigenvalue weighted by molar-refractivity contribution is 0.167. The van der Waals surface area contributed by atoms with E-state index in [1.807, 2.05) is 4.90 Å². The van der Waals surface area contributed by atoms with Crippen molar-refractivity contribution in [2.75, 3.05) is 25.2 Å². The number of hydrogen-bond donors (Lipinski definition) is 0. The fourth-order valence-electron chi connectivity index (χ4n) is 3.31. The maximum Gasteiger partial charge on any atom is 0.327 e. The van der Waals surface area contributed by atoms with Crippen LogP contribution < -0.4 is 4.90 Å². The molecule has 2 unspecified atom stereocenters. The van der Waals surface area contributed by atoms with Crippen LogP contribution in [0.25, 0.3) is 0 Å². The Bertz CT molecular complexity index is 510. The summed E-state index contributed by atoms with van der Waals surface area (Å²) in [7, 11) is 1.69. The van der Waals surface area contributed by atoms with Crippen LogP contribution in [-0.2, 0) is 4.74 Å². The maximum atomic E-state index is 12.7. The molecule has 21 heavy (non-hydrogen) atoms. The first-order valence-corrected chi connectivity index (χ1v) is 8.08. The number of carbonyl (C=O) groups is 1. The first-order valence-electron chi connectivity index (χ1n) is 7.28. The quantitative estimate of drug-likeness (QED) is 0.762. The molecule has 2 amide bonds. The summed E-state index contributed by atoms with van der Waals surface area (Å²) in [5, 5.41) is 0. The minimum absolute atomic E-state index is 0.0307. The van der Waals surface area contributed by atoms with Crippen molar-refractivity contribution in [3.8, 4) is 0 Å². The molecular weight excluding hydrogens is 336 g/mol. The smallest absolute Gasteiger partial charge is 0.327 e. The van der Waals surface area contributed by atoms with Gasteiger partial charge in [-0.1, -0.05) is 0 Å². The molecule has 1 saturated heterocycles. The Morgan fingerprint density at radius 3 is 2.76 bits per heavy atom. The number of fused-ring (bicyclic) bond motifs is 1. The average Bonchev–Trinajstić information content (AvgIpc) is 3.03. The first-order chi connectivity index (χ1) is 10.2. The topological polar surface area (TPSA) is 58.6 Å². The van der Waals surface area contributed by atoms with Crippen molar-refractivity contribution in [1.29, 1.82) is 0 Å². The van der Waals surface area contributed by atoms with Crippen LogP contribution in [-0.4, -0.2) is 53.2 Å². The van der Waals surface area contributed by atoms with Gasteiger partial charge in [0.25, 0.3) is 0 Å². The van der Waals surface area contributed by atoms with Gasteiger partial charge in [-0.2, -0.15) is 0 Å². The summed E-state index contributed by atoms with van der Waals surface area (Å²) in [6.45, 7) is 1.41. The second-order valence-corrected chi connectivity index (χ2v) is 6.37. The SMILES string of the molecule is COCCCN1C(=O)N(c2ncc(Br)cn2)C2CCCC21. The van der Waals surface area contributed by atoms with Gasteiger partial charge in [-0.25, -0.2) is 14.8 Å². The van der Waals surface area contributed by atoms with Crippen LogP contribution in [0.2, 0.25) is 0 Å². The maximum absolute atomic E-state index is 12.7. The molecule has 1 aromatic rings. The summed E-state index contributed by atoms with van der Waals surface area (Å²) in [6, 6.07) is 0.533. The third-order valence-electron chi connectivity index (χ3n) is 4.20. The Morgan fingerprint density at radius 1 is 1.33 bits per heavy atom. The number of rotatable bonds is 5. The van der Waals surface area contributed by atoms with Crippen LogP contribution >= 0.6 is 15.9 Å². The van der Waals surface area contributed by atoms with Crippen LogP contribution in [0, 0.1) is 0 Å². The van der Waals surface area contributed by atoms with Crippen molar-refractivity contribution in [3.05, 3.63) is 16.9 Å². The average molecular weight is 355 g/mol. The number of halogens is 1. The number of aromatic nitrogens is 2. The van der Waals surface area contributed by atoms with Crippen LogP contribution in [0.1, 0.15) is 25.7 Å². The minimum Gasteiger partial charge on any atom is -0.385 e. The molecule has 0 N–H and O–H groups in total. The summed E-state index contributed by atoms with van der Waals surface area (Å²) in [5.74, 6) is 0.509. The van der Waals surface area contributed by atoms with E-state index < -0.39 is 0 Å². The Balaban J connectivity index is 1.80. The molecule has 3 rings (SSSR count). The third-order valence-corrected chi connectivity index (χ3v) is 4.61. The largest absolute Gasteiger partial charge is 0.385 e. The van der Waals surface area contributed by atoms with Gasteiger partial charge in [0.1, 0.15) is 0 Å². The predicted octanol–water partition coefficient (Wildman–Crippen LogP) is 2.44. The Labute approximate surface area is 132 Å². The van der Waals surface area contributed by atoms with Gasteiger partial charge < -0.3 is 9.64 Å². The highest BCUT2D eigenvalue weighted by molar-refractivity contribution is 9.10. The first kappa shape index (κ1) is 14.7. The van der Waals surface area contributed by atoms with Crippen molar-refractivity contribution in [3.63, 3.8) is 0 Å². The van der Waals surface area contributed by atoms with Crippen molar-refractivity contribution >= 4 is 27.9 Å². The third kappa shape index (κ3) is 2.76. The van der Waals surface area contributed by atoms with Crippen molar-refractivity contribution in [2.24, 2.45) is 0 Å². The molecule has 6 nitrogen and oxygen atoms in total. The van der Waals surface area contributed by atoms with Gasteiger partial charge in [-0.3, -0.25) is 4.90 Å². The Hall–Kier alpha value is -1.21. The molecule has 2 atom stereocenters. The highest BCUT2D eigenvalue weighted by Gasteiger charge is 2.49. The lowest BCUT2D eigenvalue weighted by atomic mass is 10.1. The van der Waals surface area contributed by atoms with E-state index in [9.17, 15) is 4.79 Å². The molecular formula is C14H19BrN4O2. The highest BCUT2D eigenvalue weighted by atomic mass is 79.9. The Kier molecular flexibility index (Phi) is 4.40. The molecule has 1 aliphatic heterocycles. The zero-order valence-corrected chi connectivity index (χ0v) is 13.6. The number of ether oxygens (including phenoxy) is 1. The van der Waals surface area contributed by atoms with Crippen molar-refractivity contribution in [1.82, 2.24) is 14.9 Å². The molecule has 114 valence electrons. The molecule has 2 aliphatic rings. The van der Waals surface area contributed by atoms with Gasteiger partial charge in [0.2, 0.25) is 5.95 Å². The van der Waals surface area contributed by atoms with E-state index in [1.165, 1.54) is 0 Å². The fourth-order valence-corrected chi connectivity index (χ4v) is 3.52. The van der Waals surface area contributed by atoms with E-state index in [-0.39, 0.29) is 12.1 Å². The van der Waals surface area contributed by atoms with Gasteiger partial charge in [0.15, 0.2) is 0 Å².